The van der Waals surface area contributed by atoms with Gasteiger partial charge in [-0.15, -0.1) is 0 Å². The summed E-state index contributed by atoms with van der Waals surface area (Å²) in [5.74, 6) is 0.445. The van der Waals surface area contributed by atoms with E-state index in [1.165, 1.54) is 6.26 Å². The Morgan fingerprint density at radius 3 is 2.20 bits per heavy atom. The fraction of sp³-hybridized carbons (Fsp3) is 0.316. The first-order chi connectivity index (χ1) is 11.8. The number of benzene rings is 2. The summed E-state index contributed by atoms with van der Waals surface area (Å²) < 4.78 is 28.7. The van der Waals surface area contributed by atoms with Crippen molar-refractivity contribution in [3.05, 3.63) is 60.2 Å². The number of hydrogen-bond acceptors (Lipinski definition) is 4. The molecule has 0 unspecified atom stereocenters. The lowest BCUT2D eigenvalue weighted by Crippen LogP contribution is -2.39. The fourth-order valence-corrected chi connectivity index (χ4v) is 3.01. The number of sulfone groups is 1. The Kier molecular flexibility index (Phi) is 6.20. The minimum Gasteiger partial charge on any atom is -0.481 e. The number of hydrogen-bond donors (Lipinski definition) is 1. The van der Waals surface area contributed by atoms with Crippen LogP contribution in [0.4, 0.5) is 0 Å². The van der Waals surface area contributed by atoms with Gasteiger partial charge in [-0.05, 0) is 43.2 Å². The summed E-state index contributed by atoms with van der Waals surface area (Å²) in [6.07, 6.45) is 1.13. The molecule has 0 aliphatic rings. The molecule has 0 bridgehead atoms. The Hall–Kier alpha value is -2.34. The summed E-state index contributed by atoms with van der Waals surface area (Å²) in [5, 5.41) is 2.91. The minimum atomic E-state index is -3.23. The molecular formula is C19H23NO4S. The van der Waals surface area contributed by atoms with E-state index in [4.69, 9.17) is 4.74 Å². The third-order valence-electron chi connectivity index (χ3n) is 3.85. The van der Waals surface area contributed by atoms with Crippen LogP contribution in [0.3, 0.4) is 0 Å². The molecular weight excluding hydrogens is 338 g/mol. The first-order valence-electron chi connectivity index (χ1n) is 8.13. The second-order valence-electron chi connectivity index (χ2n) is 5.90. The van der Waals surface area contributed by atoms with Crippen molar-refractivity contribution in [3.63, 3.8) is 0 Å². The van der Waals surface area contributed by atoms with Crippen LogP contribution in [0.2, 0.25) is 0 Å². The SMILES string of the molecule is CC[C@@H](Oc1ccccc1)C(=O)N[C@H](C)c1ccc(S(C)(=O)=O)cc1. The first-order valence-corrected chi connectivity index (χ1v) is 10.0. The summed E-state index contributed by atoms with van der Waals surface area (Å²) in [4.78, 5) is 12.7. The van der Waals surface area contributed by atoms with Gasteiger partial charge in [0.05, 0.1) is 10.9 Å². The topological polar surface area (TPSA) is 72.5 Å². The van der Waals surface area contributed by atoms with E-state index in [1.54, 1.807) is 24.3 Å². The van der Waals surface area contributed by atoms with Crippen molar-refractivity contribution < 1.29 is 17.9 Å². The number of nitrogens with one attached hydrogen (secondary N) is 1. The zero-order chi connectivity index (χ0) is 18.4. The molecule has 2 atom stereocenters. The van der Waals surface area contributed by atoms with Crippen molar-refractivity contribution in [2.75, 3.05) is 6.26 Å². The number of rotatable bonds is 7. The van der Waals surface area contributed by atoms with Crippen LogP contribution in [0, 0.1) is 0 Å². The lowest BCUT2D eigenvalue weighted by atomic mass is 10.1. The molecule has 2 aromatic rings. The van der Waals surface area contributed by atoms with Gasteiger partial charge in [-0.25, -0.2) is 8.42 Å². The molecule has 0 aromatic heterocycles. The van der Waals surface area contributed by atoms with Gasteiger partial charge in [-0.3, -0.25) is 4.79 Å². The van der Waals surface area contributed by atoms with E-state index in [9.17, 15) is 13.2 Å². The number of para-hydroxylation sites is 1. The second-order valence-corrected chi connectivity index (χ2v) is 7.92. The number of amides is 1. The van der Waals surface area contributed by atoms with E-state index in [-0.39, 0.29) is 16.8 Å². The zero-order valence-corrected chi connectivity index (χ0v) is 15.4. The summed E-state index contributed by atoms with van der Waals surface area (Å²) in [6.45, 7) is 3.74. The largest absolute Gasteiger partial charge is 0.481 e. The molecule has 0 heterocycles. The smallest absolute Gasteiger partial charge is 0.261 e. The van der Waals surface area contributed by atoms with E-state index in [0.29, 0.717) is 12.2 Å². The number of carbonyl (C=O) groups is 1. The van der Waals surface area contributed by atoms with Crippen LogP contribution >= 0.6 is 0 Å². The van der Waals surface area contributed by atoms with Gasteiger partial charge in [0.2, 0.25) is 0 Å². The molecule has 2 aromatic carbocycles. The lowest BCUT2D eigenvalue weighted by molar-refractivity contribution is -0.128. The third kappa shape index (κ3) is 5.32. The average Bonchev–Trinajstić information content (AvgIpc) is 2.59. The minimum absolute atomic E-state index is 0.203. The van der Waals surface area contributed by atoms with Crippen molar-refractivity contribution in [1.29, 1.82) is 0 Å². The molecule has 6 heteroatoms. The molecule has 0 spiro atoms. The van der Waals surface area contributed by atoms with E-state index in [1.807, 2.05) is 44.2 Å². The van der Waals surface area contributed by atoms with E-state index in [2.05, 4.69) is 5.32 Å². The van der Waals surface area contributed by atoms with Gasteiger partial charge in [-0.1, -0.05) is 37.3 Å². The predicted octanol–water partition coefficient (Wildman–Crippen LogP) is 3.12. The highest BCUT2D eigenvalue weighted by molar-refractivity contribution is 7.90. The Morgan fingerprint density at radius 2 is 1.68 bits per heavy atom. The highest BCUT2D eigenvalue weighted by Crippen LogP contribution is 2.18. The van der Waals surface area contributed by atoms with Gasteiger partial charge in [0.15, 0.2) is 15.9 Å². The summed E-state index contributed by atoms with van der Waals surface area (Å²) >= 11 is 0. The Bertz CT molecular complexity index is 801. The Balaban J connectivity index is 2.02. The summed E-state index contributed by atoms with van der Waals surface area (Å²) in [6, 6.07) is 15.5. The molecule has 2 rings (SSSR count). The van der Waals surface area contributed by atoms with Crippen molar-refractivity contribution in [1.82, 2.24) is 5.32 Å². The van der Waals surface area contributed by atoms with Crippen LogP contribution < -0.4 is 10.1 Å². The quantitative estimate of drug-likeness (QED) is 0.822. The van der Waals surface area contributed by atoms with Gasteiger partial charge < -0.3 is 10.1 Å². The number of carbonyl (C=O) groups excluding carboxylic acids is 1. The van der Waals surface area contributed by atoms with Gasteiger partial charge in [0.1, 0.15) is 5.75 Å². The fourth-order valence-electron chi connectivity index (χ4n) is 2.38. The van der Waals surface area contributed by atoms with E-state index < -0.39 is 15.9 Å². The highest BCUT2D eigenvalue weighted by Gasteiger charge is 2.20. The molecule has 0 fully saturated rings. The molecule has 0 radical (unpaired) electrons. The number of ether oxygens (including phenoxy) is 1. The monoisotopic (exact) mass is 361 g/mol. The maximum absolute atomic E-state index is 12.5. The van der Waals surface area contributed by atoms with Crippen LogP contribution in [-0.2, 0) is 14.6 Å². The van der Waals surface area contributed by atoms with E-state index in [0.717, 1.165) is 5.56 Å². The Morgan fingerprint density at radius 1 is 1.08 bits per heavy atom. The van der Waals surface area contributed by atoms with Crippen molar-refractivity contribution in [2.45, 2.75) is 37.3 Å². The summed E-state index contributed by atoms with van der Waals surface area (Å²) in [7, 11) is -3.23. The molecule has 0 aliphatic heterocycles. The predicted molar refractivity (Wildman–Crippen MR) is 97.3 cm³/mol. The van der Waals surface area contributed by atoms with Crippen molar-refractivity contribution in [3.8, 4) is 5.75 Å². The van der Waals surface area contributed by atoms with Gasteiger partial charge >= 0.3 is 0 Å². The van der Waals surface area contributed by atoms with Crippen molar-refractivity contribution >= 4 is 15.7 Å². The van der Waals surface area contributed by atoms with Gasteiger partial charge in [0, 0.05) is 6.26 Å². The van der Waals surface area contributed by atoms with Crippen LogP contribution in [0.25, 0.3) is 0 Å². The third-order valence-corrected chi connectivity index (χ3v) is 4.98. The molecule has 1 amide bonds. The molecule has 0 aliphatic carbocycles. The Labute approximate surface area is 148 Å². The van der Waals surface area contributed by atoms with Crippen LogP contribution in [0.5, 0.6) is 5.75 Å². The molecule has 25 heavy (non-hydrogen) atoms. The molecule has 0 saturated heterocycles. The van der Waals surface area contributed by atoms with Crippen molar-refractivity contribution in [2.24, 2.45) is 0 Å². The lowest BCUT2D eigenvalue weighted by Gasteiger charge is -2.21. The molecule has 1 N–H and O–H groups in total. The second kappa shape index (κ2) is 8.16. The molecule has 5 nitrogen and oxygen atoms in total. The normalized spacial score (nSPS) is 13.7. The highest BCUT2D eigenvalue weighted by atomic mass is 32.2. The maximum Gasteiger partial charge on any atom is 0.261 e. The zero-order valence-electron chi connectivity index (χ0n) is 14.6. The van der Waals surface area contributed by atoms with Crippen LogP contribution in [0.15, 0.2) is 59.5 Å². The van der Waals surface area contributed by atoms with Crippen LogP contribution in [0.1, 0.15) is 31.9 Å². The molecule has 0 saturated carbocycles. The summed E-state index contributed by atoms with van der Waals surface area (Å²) in [5.41, 5.74) is 0.829. The molecule has 134 valence electrons. The van der Waals surface area contributed by atoms with Gasteiger partial charge in [0.25, 0.3) is 5.91 Å². The van der Waals surface area contributed by atoms with Crippen LogP contribution in [-0.4, -0.2) is 26.7 Å². The first kappa shape index (κ1) is 19.0. The van der Waals surface area contributed by atoms with Gasteiger partial charge in [-0.2, -0.15) is 0 Å². The van der Waals surface area contributed by atoms with E-state index >= 15 is 0 Å². The average molecular weight is 361 g/mol. The standard InChI is InChI=1S/C19H23NO4S/c1-4-18(24-16-8-6-5-7-9-16)19(21)20-14(2)15-10-12-17(13-11-15)25(3,22)23/h5-14,18H,4H2,1-3H3,(H,20,21)/t14-,18-/m1/s1. The maximum atomic E-state index is 12.5.